The molecule has 1 rings (SSSR count). The van der Waals surface area contributed by atoms with Crippen LogP contribution in [0.4, 0.5) is 11.4 Å². The molecule has 0 aromatic heterocycles. The SMILES string of the molecule is COc1cc(N)ccc1NS(=O)(=O)CS(C)(=O)=O. The van der Waals surface area contributed by atoms with Gasteiger partial charge in [-0.2, -0.15) is 0 Å². The lowest BCUT2D eigenvalue weighted by Crippen LogP contribution is -2.22. The number of nitrogens with one attached hydrogen (secondary N) is 1. The summed E-state index contributed by atoms with van der Waals surface area (Å²) in [5, 5.41) is -0.993. The van der Waals surface area contributed by atoms with E-state index in [9.17, 15) is 16.8 Å². The van der Waals surface area contributed by atoms with Crippen molar-refractivity contribution in [2.24, 2.45) is 0 Å². The summed E-state index contributed by atoms with van der Waals surface area (Å²) in [6, 6.07) is 4.30. The third-order valence-electron chi connectivity index (χ3n) is 1.86. The molecule has 0 unspecified atom stereocenters. The third kappa shape index (κ3) is 4.41. The molecule has 9 heteroatoms. The van der Waals surface area contributed by atoms with E-state index in [0.29, 0.717) is 5.69 Å². The molecule has 0 fully saturated rings. The van der Waals surface area contributed by atoms with Gasteiger partial charge in [-0.3, -0.25) is 4.72 Å². The Morgan fingerprint density at radius 2 is 1.89 bits per heavy atom. The number of benzene rings is 1. The lowest BCUT2D eigenvalue weighted by atomic mass is 10.2. The van der Waals surface area contributed by atoms with Crippen LogP contribution in [0.15, 0.2) is 18.2 Å². The van der Waals surface area contributed by atoms with E-state index >= 15 is 0 Å². The molecule has 0 heterocycles. The summed E-state index contributed by atoms with van der Waals surface area (Å²) in [4.78, 5) is 0. The molecular weight excluding hydrogens is 280 g/mol. The van der Waals surface area contributed by atoms with Crippen LogP contribution in [0.25, 0.3) is 0 Å². The minimum atomic E-state index is -4.00. The van der Waals surface area contributed by atoms with Crippen molar-refractivity contribution in [3.05, 3.63) is 18.2 Å². The maximum Gasteiger partial charge on any atom is 0.247 e. The van der Waals surface area contributed by atoms with Crippen LogP contribution in [0.5, 0.6) is 5.75 Å². The Kier molecular flexibility index (Phi) is 4.07. The van der Waals surface area contributed by atoms with Crippen molar-refractivity contribution in [1.29, 1.82) is 0 Å². The first-order valence-electron chi connectivity index (χ1n) is 4.75. The van der Waals surface area contributed by atoms with E-state index in [1.54, 1.807) is 0 Å². The van der Waals surface area contributed by atoms with Crippen molar-refractivity contribution < 1.29 is 21.6 Å². The summed E-state index contributed by atoms with van der Waals surface area (Å²) in [5.74, 6) is 0.215. The maximum absolute atomic E-state index is 11.6. The standard InChI is InChI=1S/C9H14N2O5S2/c1-16-9-5-7(10)3-4-8(9)11-18(14,15)6-17(2,12)13/h3-5,11H,6,10H2,1-2H3. The van der Waals surface area contributed by atoms with Gasteiger partial charge in [0, 0.05) is 18.0 Å². The number of hydrogen-bond donors (Lipinski definition) is 2. The van der Waals surface area contributed by atoms with Crippen LogP contribution in [0.3, 0.4) is 0 Å². The highest BCUT2D eigenvalue weighted by Gasteiger charge is 2.19. The molecule has 0 radical (unpaired) electrons. The van der Waals surface area contributed by atoms with Gasteiger partial charge in [0.1, 0.15) is 5.75 Å². The second-order valence-electron chi connectivity index (χ2n) is 3.72. The molecule has 1 aromatic rings. The highest BCUT2D eigenvalue weighted by Crippen LogP contribution is 2.27. The average molecular weight is 294 g/mol. The molecular formula is C9H14N2O5S2. The van der Waals surface area contributed by atoms with Crippen molar-refractivity contribution >= 4 is 31.2 Å². The molecule has 0 spiro atoms. The van der Waals surface area contributed by atoms with E-state index in [2.05, 4.69) is 4.72 Å². The van der Waals surface area contributed by atoms with Gasteiger partial charge in [0.05, 0.1) is 12.8 Å². The molecule has 0 saturated heterocycles. The number of rotatable bonds is 5. The Morgan fingerprint density at radius 3 is 2.39 bits per heavy atom. The van der Waals surface area contributed by atoms with Crippen molar-refractivity contribution in [3.63, 3.8) is 0 Å². The number of methoxy groups -OCH3 is 1. The summed E-state index contributed by atoms with van der Waals surface area (Å²) in [6.45, 7) is 0. The predicted octanol–water partition coefficient (Wildman–Crippen LogP) is 0.0212. The highest BCUT2D eigenvalue weighted by molar-refractivity contribution is 8.08. The molecule has 3 N–H and O–H groups in total. The monoisotopic (exact) mass is 294 g/mol. The van der Waals surface area contributed by atoms with Crippen LogP contribution in [0.2, 0.25) is 0 Å². The normalized spacial score (nSPS) is 12.1. The summed E-state index contributed by atoms with van der Waals surface area (Å²) >= 11 is 0. The van der Waals surface area contributed by atoms with Crippen LogP contribution in [0.1, 0.15) is 0 Å². The Balaban J connectivity index is 3.05. The number of sulfonamides is 1. The van der Waals surface area contributed by atoms with Crippen molar-refractivity contribution in [2.45, 2.75) is 0 Å². The number of sulfone groups is 1. The fraction of sp³-hybridized carbons (Fsp3) is 0.333. The lowest BCUT2D eigenvalue weighted by Gasteiger charge is -2.11. The molecule has 0 saturated carbocycles. The van der Waals surface area contributed by atoms with Gasteiger partial charge in [-0.05, 0) is 12.1 Å². The largest absolute Gasteiger partial charge is 0.494 e. The minimum absolute atomic E-state index is 0.135. The third-order valence-corrected chi connectivity index (χ3v) is 5.35. The molecule has 0 aliphatic rings. The van der Waals surface area contributed by atoms with Crippen LogP contribution < -0.4 is 15.2 Å². The van der Waals surface area contributed by atoms with E-state index in [4.69, 9.17) is 10.5 Å². The fourth-order valence-electron chi connectivity index (χ4n) is 1.27. The van der Waals surface area contributed by atoms with Gasteiger partial charge in [-0.15, -0.1) is 0 Å². The molecule has 1 aromatic carbocycles. The summed E-state index contributed by atoms with van der Waals surface area (Å²) in [5.41, 5.74) is 6.05. The molecule has 0 aliphatic heterocycles. The second-order valence-corrected chi connectivity index (χ2v) is 7.95. The molecule has 7 nitrogen and oxygen atoms in total. The fourth-order valence-corrected chi connectivity index (χ4v) is 4.26. The maximum atomic E-state index is 11.6. The summed E-state index contributed by atoms with van der Waals surface area (Å²) in [7, 11) is -6.29. The van der Waals surface area contributed by atoms with Crippen molar-refractivity contribution in [3.8, 4) is 5.75 Å². The first-order chi connectivity index (χ1) is 8.13. The Morgan fingerprint density at radius 1 is 1.28 bits per heavy atom. The van der Waals surface area contributed by atoms with Gasteiger partial charge in [0.2, 0.25) is 10.0 Å². The number of anilines is 2. The highest BCUT2D eigenvalue weighted by atomic mass is 32.3. The molecule has 0 amide bonds. The van der Waals surface area contributed by atoms with Gasteiger partial charge in [0.15, 0.2) is 14.9 Å². The second kappa shape index (κ2) is 5.02. The number of nitrogen functional groups attached to an aromatic ring is 1. The molecule has 0 atom stereocenters. The summed E-state index contributed by atoms with van der Waals surface area (Å²) < 4.78 is 52.2. The molecule has 18 heavy (non-hydrogen) atoms. The smallest absolute Gasteiger partial charge is 0.247 e. The van der Waals surface area contributed by atoms with Gasteiger partial charge in [0.25, 0.3) is 0 Å². The van der Waals surface area contributed by atoms with Crippen molar-refractivity contribution in [1.82, 2.24) is 0 Å². The van der Waals surface area contributed by atoms with E-state index in [1.165, 1.54) is 25.3 Å². The number of ether oxygens (including phenoxy) is 1. The van der Waals surface area contributed by atoms with E-state index in [-0.39, 0.29) is 11.4 Å². The van der Waals surface area contributed by atoms with Gasteiger partial charge >= 0.3 is 0 Å². The van der Waals surface area contributed by atoms with E-state index in [0.717, 1.165) is 6.26 Å². The zero-order chi connectivity index (χ0) is 14.0. The molecule has 102 valence electrons. The van der Waals surface area contributed by atoms with Gasteiger partial charge in [-0.25, -0.2) is 16.8 Å². The number of hydrogen-bond acceptors (Lipinski definition) is 6. The Hall–Kier alpha value is -1.48. The van der Waals surface area contributed by atoms with Crippen LogP contribution in [0, 0.1) is 0 Å². The van der Waals surface area contributed by atoms with E-state index in [1.807, 2.05) is 0 Å². The topological polar surface area (TPSA) is 116 Å². The zero-order valence-corrected chi connectivity index (χ0v) is 11.5. The predicted molar refractivity (Wildman–Crippen MR) is 69.7 cm³/mol. The minimum Gasteiger partial charge on any atom is -0.494 e. The molecule has 0 aliphatic carbocycles. The Labute approximate surface area is 106 Å². The van der Waals surface area contributed by atoms with Crippen LogP contribution >= 0.6 is 0 Å². The molecule has 0 bridgehead atoms. The first kappa shape index (κ1) is 14.6. The van der Waals surface area contributed by atoms with Gasteiger partial charge in [-0.1, -0.05) is 0 Å². The first-order valence-corrected chi connectivity index (χ1v) is 8.46. The van der Waals surface area contributed by atoms with E-state index < -0.39 is 24.9 Å². The van der Waals surface area contributed by atoms with Crippen LogP contribution in [-0.4, -0.2) is 35.3 Å². The lowest BCUT2D eigenvalue weighted by molar-refractivity contribution is 0.417. The Bertz CT molecular complexity index is 637. The number of nitrogens with two attached hydrogens (primary N) is 1. The summed E-state index contributed by atoms with van der Waals surface area (Å²) in [6.07, 6.45) is 0.840. The quantitative estimate of drug-likeness (QED) is 0.740. The average Bonchev–Trinajstić information content (AvgIpc) is 2.16. The van der Waals surface area contributed by atoms with Gasteiger partial charge < -0.3 is 10.5 Å². The van der Waals surface area contributed by atoms with Crippen LogP contribution in [-0.2, 0) is 19.9 Å². The van der Waals surface area contributed by atoms with Crippen molar-refractivity contribution in [2.75, 3.05) is 28.9 Å². The zero-order valence-electron chi connectivity index (χ0n) is 9.87.